The zero-order valence-corrected chi connectivity index (χ0v) is 8.34. The van der Waals surface area contributed by atoms with Crippen LogP contribution in [0.1, 0.15) is 20.3 Å². The van der Waals surface area contributed by atoms with E-state index < -0.39 is 0 Å². The molecular formula is C9H21NO2. The van der Waals surface area contributed by atoms with E-state index in [4.69, 9.17) is 4.74 Å². The van der Waals surface area contributed by atoms with E-state index in [0.29, 0.717) is 12.5 Å². The number of rotatable bonds is 7. The molecule has 0 fully saturated rings. The number of aliphatic hydroxyl groups excluding tert-OH is 1. The first-order valence-corrected chi connectivity index (χ1v) is 4.54. The van der Waals surface area contributed by atoms with Gasteiger partial charge in [0, 0.05) is 7.11 Å². The van der Waals surface area contributed by atoms with Crippen LogP contribution in [-0.4, -0.2) is 38.0 Å². The molecule has 0 rings (SSSR count). The van der Waals surface area contributed by atoms with Crippen LogP contribution in [0, 0.1) is 5.92 Å². The zero-order valence-electron chi connectivity index (χ0n) is 8.34. The topological polar surface area (TPSA) is 41.5 Å². The van der Waals surface area contributed by atoms with Crippen molar-refractivity contribution < 1.29 is 9.84 Å². The fourth-order valence-corrected chi connectivity index (χ4v) is 0.935. The summed E-state index contributed by atoms with van der Waals surface area (Å²) >= 11 is 0. The molecule has 1 unspecified atom stereocenters. The Kier molecular flexibility index (Phi) is 7.45. The van der Waals surface area contributed by atoms with Crippen molar-refractivity contribution >= 4 is 0 Å². The van der Waals surface area contributed by atoms with Gasteiger partial charge < -0.3 is 15.2 Å². The summed E-state index contributed by atoms with van der Waals surface area (Å²) in [5.41, 5.74) is 0. The maximum atomic E-state index is 9.25. The standard InChI is InChI=1S/C9H21NO2/c1-8(2)6-10-5-4-9(11)7-12-3/h8-11H,4-7H2,1-3H3. The fourth-order valence-electron chi connectivity index (χ4n) is 0.935. The summed E-state index contributed by atoms with van der Waals surface area (Å²) in [6.07, 6.45) is 0.440. The number of aliphatic hydroxyl groups is 1. The van der Waals surface area contributed by atoms with Crippen LogP contribution >= 0.6 is 0 Å². The third-order valence-electron chi connectivity index (χ3n) is 1.57. The Morgan fingerprint density at radius 2 is 2.08 bits per heavy atom. The van der Waals surface area contributed by atoms with E-state index in [1.165, 1.54) is 0 Å². The molecule has 0 aromatic rings. The quantitative estimate of drug-likeness (QED) is 0.558. The molecule has 0 heterocycles. The van der Waals surface area contributed by atoms with Crippen molar-refractivity contribution in [2.45, 2.75) is 26.4 Å². The minimum absolute atomic E-state index is 0.324. The van der Waals surface area contributed by atoms with Gasteiger partial charge in [-0.3, -0.25) is 0 Å². The lowest BCUT2D eigenvalue weighted by Gasteiger charge is -2.10. The fraction of sp³-hybridized carbons (Fsp3) is 1.00. The first-order valence-electron chi connectivity index (χ1n) is 4.54. The summed E-state index contributed by atoms with van der Waals surface area (Å²) in [6, 6.07) is 0. The molecule has 0 aliphatic heterocycles. The largest absolute Gasteiger partial charge is 0.391 e. The normalized spacial score (nSPS) is 13.8. The van der Waals surface area contributed by atoms with Crippen LogP contribution < -0.4 is 5.32 Å². The van der Waals surface area contributed by atoms with Crippen molar-refractivity contribution in [2.75, 3.05) is 26.8 Å². The van der Waals surface area contributed by atoms with Gasteiger partial charge in [0.05, 0.1) is 12.7 Å². The van der Waals surface area contributed by atoms with Crippen LogP contribution in [0.4, 0.5) is 0 Å². The SMILES string of the molecule is COCC(O)CCNCC(C)C. The molecule has 12 heavy (non-hydrogen) atoms. The molecule has 0 aliphatic rings. The van der Waals surface area contributed by atoms with Crippen LogP contribution in [0.15, 0.2) is 0 Å². The van der Waals surface area contributed by atoms with Crippen LogP contribution in [0.25, 0.3) is 0 Å². The van der Waals surface area contributed by atoms with Crippen LogP contribution in [0.2, 0.25) is 0 Å². The Bertz CT molecular complexity index is 96.5. The van der Waals surface area contributed by atoms with Gasteiger partial charge in [0.1, 0.15) is 0 Å². The van der Waals surface area contributed by atoms with E-state index in [-0.39, 0.29) is 6.10 Å². The number of nitrogens with one attached hydrogen (secondary N) is 1. The summed E-state index contributed by atoms with van der Waals surface area (Å²) < 4.78 is 4.80. The van der Waals surface area contributed by atoms with E-state index in [2.05, 4.69) is 19.2 Å². The molecular weight excluding hydrogens is 154 g/mol. The van der Waals surface area contributed by atoms with Gasteiger partial charge in [-0.15, -0.1) is 0 Å². The predicted octanol–water partition coefficient (Wildman–Crippen LogP) is 0.629. The average molecular weight is 175 g/mol. The molecule has 0 aliphatic carbocycles. The van der Waals surface area contributed by atoms with Crippen molar-refractivity contribution in [1.29, 1.82) is 0 Å². The smallest absolute Gasteiger partial charge is 0.0785 e. The first-order chi connectivity index (χ1) is 5.66. The second-order valence-electron chi connectivity index (χ2n) is 3.50. The maximum absolute atomic E-state index is 9.25. The highest BCUT2D eigenvalue weighted by molar-refractivity contribution is 4.57. The Labute approximate surface area is 75.1 Å². The van der Waals surface area contributed by atoms with Crippen molar-refractivity contribution in [3.63, 3.8) is 0 Å². The molecule has 0 spiro atoms. The van der Waals surface area contributed by atoms with Gasteiger partial charge in [0.15, 0.2) is 0 Å². The highest BCUT2D eigenvalue weighted by atomic mass is 16.5. The minimum atomic E-state index is -0.324. The lowest BCUT2D eigenvalue weighted by atomic mass is 10.2. The predicted molar refractivity (Wildman–Crippen MR) is 50.2 cm³/mol. The third kappa shape index (κ3) is 7.98. The molecule has 74 valence electrons. The van der Waals surface area contributed by atoms with E-state index in [0.717, 1.165) is 19.5 Å². The molecule has 3 heteroatoms. The Balaban J connectivity index is 3.08. The monoisotopic (exact) mass is 175 g/mol. The summed E-state index contributed by atoms with van der Waals surface area (Å²) in [7, 11) is 1.60. The number of ether oxygens (including phenoxy) is 1. The van der Waals surface area contributed by atoms with Gasteiger partial charge >= 0.3 is 0 Å². The van der Waals surface area contributed by atoms with Crippen molar-refractivity contribution in [2.24, 2.45) is 5.92 Å². The Morgan fingerprint density at radius 1 is 1.42 bits per heavy atom. The summed E-state index contributed by atoms with van der Waals surface area (Å²) in [5.74, 6) is 0.671. The molecule has 0 aromatic heterocycles. The highest BCUT2D eigenvalue weighted by Crippen LogP contribution is 1.91. The summed E-state index contributed by atoms with van der Waals surface area (Å²) in [4.78, 5) is 0. The molecule has 0 saturated carbocycles. The van der Waals surface area contributed by atoms with Gasteiger partial charge in [0.2, 0.25) is 0 Å². The van der Waals surface area contributed by atoms with Gasteiger partial charge in [0.25, 0.3) is 0 Å². The molecule has 0 aromatic carbocycles. The molecule has 0 radical (unpaired) electrons. The Hall–Kier alpha value is -0.120. The van der Waals surface area contributed by atoms with Crippen LogP contribution in [0.3, 0.4) is 0 Å². The second-order valence-corrected chi connectivity index (χ2v) is 3.50. The first kappa shape index (κ1) is 11.9. The molecule has 0 bridgehead atoms. The van der Waals surface area contributed by atoms with Gasteiger partial charge in [-0.2, -0.15) is 0 Å². The van der Waals surface area contributed by atoms with Gasteiger partial charge in [-0.05, 0) is 25.4 Å². The zero-order chi connectivity index (χ0) is 9.40. The lowest BCUT2D eigenvalue weighted by Crippen LogP contribution is -2.25. The van der Waals surface area contributed by atoms with Crippen molar-refractivity contribution in [1.82, 2.24) is 5.32 Å². The van der Waals surface area contributed by atoms with Crippen LogP contribution in [-0.2, 0) is 4.74 Å². The number of hydrogen-bond acceptors (Lipinski definition) is 3. The van der Waals surface area contributed by atoms with E-state index in [1.54, 1.807) is 7.11 Å². The molecule has 1 atom stereocenters. The van der Waals surface area contributed by atoms with Gasteiger partial charge in [-0.1, -0.05) is 13.8 Å². The highest BCUT2D eigenvalue weighted by Gasteiger charge is 2.01. The molecule has 0 amide bonds. The third-order valence-corrected chi connectivity index (χ3v) is 1.57. The van der Waals surface area contributed by atoms with E-state index in [9.17, 15) is 5.11 Å². The minimum Gasteiger partial charge on any atom is -0.391 e. The lowest BCUT2D eigenvalue weighted by molar-refractivity contribution is 0.0593. The van der Waals surface area contributed by atoms with Gasteiger partial charge in [-0.25, -0.2) is 0 Å². The van der Waals surface area contributed by atoms with E-state index >= 15 is 0 Å². The molecule has 0 saturated heterocycles. The Morgan fingerprint density at radius 3 is 2.58 bits per heavy atom. The molecule has 2 N–H and O–H groups in total. The second kappa shape index (κ2) is 7.53. The number of methoxy groups -OCH3 is 1. The molecule has 3 nitrogen and oxygen atoms in total. The summed E-state index contributed by atoms with van der Waals surface area (Å²) in [5, 5.41) is 12.5. The van der Waals surface area contributed by atoms with Crippen molar-refractivity contribution in [3.8, 4) is 0 Å². The van der Waals surface area contributed by atoms with Crippen LogP contribution in [0.5, 0.6) is 0 Å². The van der Waals surface area contributed by atoms with Crippen molar-refractivity contribution in [3.05, 3.63) is 0 Å². The van der Waals surface area contributed by atoms with E-state index in [1.807, 2.05) is 0 Å². The maximum Gasteiger partial charge on any atom is 0.0785 e. The summed E-state index contributed by atoms with van der Waals surface area (Å²) in [6.45, 7) is 6.64. The number of hydrogen-bond donors (Lipinski definition) is 2. The average Bonchev–Trinajstić information content (AvgIpc) is 1.98.